The van der Waals surface area contributed by atoms with Crippen LogP contribution >= 0.6 is 0 Å². The molecule has 5 nitrogen and oxygen atoms in total. The maximum atomic E-state index is 11.5. The van der Waals surface area contributed by atoms with E-state index < -0.39 is 0 Å². The summed E-state index contributed by atoms with van der Waals surface area (Å²) in [5.41, 5.74) is -0.344. The van der Waals surface area contributed by atoms with Gasteiger partial charge in [0, 0.05) is 31.0 Å². The summed E-state index contributed by atoms with van der Waals surface area (Å²) < 4.78 is 10.2. The molecule has 1 saturated heterocycles. The molecular weight excluding hydrogens is 234 g/mol. The lowest BCUT2D eigenvalue weighted by Crippen LogP contribution is -2.61. The molecule has 5 heteroatoms. The third-order valence-electron chi connectivity index (χ3n) is 3.30. The van der Waals surface area contributed by atoms with Crippen LogP contribution in [0.2, 0.25) is 0 Å². The zero-order valence-corrected chi connectivity index (χ0v) is 12.3. The third-order valence-corrected chi connectivity index (χ3v) is 3.30. The average Bonchev–Trinajstić information content (AvgIpc) is 2.13. The smallest absolute Gasteiger partial charge is 0.332 e. The lowest BCUT2D eigenvalue weighted by Gasteiger charge is -2.52. The van der Waals surface area contributed by atoms with E-state index >= 15 is 0 Å². The van der Waals surface area contributed by atoms with Crippen molar-refractivity contribution in [1.82, 2.24) is 5.06 Å². The molecule has 1 heterocycles. The van der Waals surface area contributed by atoms with Gasteiger partial charge in [-0.15, -0.1) is 0 Å². The zero-order chi connectivity index (χ0) is 14.0. The molecule has 18 heavy (non-hydrogen) atoms. The second-order valence-corrected chi connectivity index (χ2v) is 6.05. The van der Waals surface area contributed by atoms with Gasteiger partial charge in [-0.1, -0.05) is 0 Å². The fourth-order valence-electron chi connectivity index (χ4n) is 3.09. The molecule has 0 aliphatic carbocycles. The van der Waals surface area contributed by atoms with E-state index in [1.807, 2.05) is 5.06 Å². The summed E-state index contributed by atoms with van der Waals surface area (Å²) in [6.45, 7) is 8.37. The Balaban J connectivity index is 2.74. The van der Waals surface area contributed by atoms with Gasteiger partial charge in [0.25, 0.3) is 0 Å². The number of hydroxylamine groups is 2. The van der Waals surface area contributed by atoms with E-state index in [1.54, 1.807) is 7.11 Å². The zero-order valence-electron chi connectivity index (χ0n) is 12.3. The molecule has 0 atom stereocenters. The van der Waals surface area contributed by atoms with Crippen LogP contribution in [-0.2, 0) is 19.1 Å². The molecule has 0 radical (unpaired) electrons. The molecule has 0 spiro atoms. The quantitative estimate of drug-likeness (QED) is 0.720. The number of nitrogens with zero attached hydrogens (tertiary/aromatic N) is 1. The molecule has 0 aromatic heterocycles. The second kappa shape index (κ2) is 5.55. The van der Waals surface area contributed by atoms with E-state index in [9.17, 15) is 4.79 Å². The fraction of sp³-hybridized carbons (Fsp3) is 0.923. The van der Waals surface area contributed by atoms with Gasteiger partial charge in [-0.2, -0.15) is 5.06 Å². The molecule has 1 aliphatic heterocycles. The van der Waals surface area contributed by atoms with Crippen molar-refractivity contribution in [2.24, 2.45) is 0 Å². The van der Waals surface area contributed by atoms with Crippen molar-refractivity contribution in [1.29, 1.82) is 0 Å². The van der Waals surface area contributed by atoms with E-state index in [1.165, 1.54) is 7.11 Å². The van der Waals surface area contributed by atoms with Gasteiger partial charge < -0.3 is 14.3 Å². The number of hydrogen-bond donors (Lipinski definition) is 0. The highest BCUT2D eigenvalue weighted by Crippen LogP contribution is 2.39. The molecule has 0 saturated carbocycles. The van der Waals surface area contributed by atoms with Crippen molar-refractivity contribution in [3.8, 4) is 0 Å². The number of methoxy groups -OCH3 is 1. The first-order chi connectivity index (χ1) is 8.23. The predicted octanol–water partition coefficient (Wildman–Crippen LogP) is 1.76. The van der Waals surface area contributed by atoms with E-state index in [4.69, 9.17) is 14.3 Å². The van der Waals surface area contributed by atoms with Gasteiger partial charge in [-0.25, -0.2) is 4.79 Å². The molecule has 0 N–H and O–H groups in total. The second-order valence-electron chi connectivity index (χ2n) is 6.05. The van der Waals surface area contributed by atoms with Gasteiger partial charge in [0.1, 0.15) is 12.7 Å². The minimum absolute atomic E-state index is 0.00531. The summed E-state index contributed by atoms with van der Waals surface area (Å²) in [5.74, 6) is -0.306. The van der Waals surface area contributed by atoms with E-state index in [2.05, 4.69) is 27.7 Å². The van der Waals surface area contributed by atoms with Gasteiger partial charge in [-0.05, 0) is 27.7 Å². The van der Waals surface area contributed by atoms with Crippen LogP contribution in [0.5, 0.6) is 0 Å². The van der Waals surface area contributed by atoms with Crippen molar-refractivity contribution in [2.75, 3.05) is 20.8 Å². The number of carbonyl (C=O) groups is 1. The van der Waals surface area contributed by atoms with Gasteiger partial charge in [0.15, 0.2) is 0 Å². The Morgan fingerprint density at radius 1 is 1.17 bits per heavy atom. The first-order valence-electron chi connectivity index (χ1n) is 6.26. The standard InChI is InChI=1S/C13H25NO4/c1-12(2)7-10(18-11(15)9-16-5)8-13(3,4)14(12)17-6/h10H,7-9H2,1-6H3. The molecule has 106 valence electrons. The summed E-state index contributed by atoms with van der Waals surface area (Å²) in [6.07, 6.45) is 1.41. The van der Waals surface area contributed by atoms with Crippen LogP contribution in [0.25, 0.3) is 0 Å². The lowest BCUT2D eigenvalue weighted by atomic mass is 9.80. The van der Waals surface area contributed by atoms with Gasteiger partial charge in [0.05, 0.1) is 7.11 Å². The number of carbonyl (C=O) groups excluding carboxylic acids is 1. The van der Waals surface area contributed by atoms with Crippen molar-refractivity contribution >= 4 is 5.97 Å². The normalized spacial score (nSPS) is 23.9. The molecule has 1 fully saturated rings. The maximum Gasteiger partial charge on any atom is 0.332 e. The predicted molar refractivity (Wildman–Crippen MR) is 68.0 cm³/mol. The van der Waals surface area contributed by atoms with Crippen LogP contribution in [0.15, 0.2) is 0 Å². The lowest BCUT2D eigenvalue weighted by molar-refractivity contribution is -0.278. The summed E-state index contributed by atoms with van der Waals surface area (Å²) in [5, 5.41) is 1.99. The highest BCUT2D eigenvalue weighted by molar-refractivity contribution is 5.70. The van der Waals surface area contributed by atoms with Gasteiger partial charge >= 0.3 is 5.97 Å². The molecule has 0 aromatic rings. The monoisotopic (exact) mass is 259 g/mol. The molecule has 0 bridgehead atoms. The van der Waals surface area contributed by atoms with Crippen LogP contribution < -0.4 is 0 Å². The Morgan fingerprint density at radius 2 is 1.67 bits per heavy atom. The Bertz CT molecular complexity index is 283. The summed E-state index contributed by atoms with van der Waals surface area (Å²) >= 11 is 0. The van der Waals surface area contributed by atoms with Crippen LogP contribution in [-0.4, -0.2) is 49.0 Å². The van der Waals surface area contributed by atoms with Crippen LogP contribution in [0.1, 0.15) is 40.5 Å². The molecular formula is C13H25NO4. The summed E-state index contributed by atoms with van der Waals surface area (Å²) in [6, 6.07) is 0. The van der Waals surface area contributed by atoms with Crippen molar-refractivity contribution in [3.63, 3.8) is 0 Å². The Morgan fingerprint density at radius 3 is 2.06 bits per heavy atom. The van der Waals surface area contributed by atoms with Crippen molar-refractivity contribution < 1.29 is 19.1 Å². The molecule has 1 aliphatic rings. The number of piperidine rings is 1. The first-order valence-corrected chi connectivity index (χ1v) is 6.26. The van der Waals surface area contributed by atoms with Crippen molar-refractivity contribution in [2.45, 2.75) is 57.7 Å². The highest BCUT2D eigenvalue weighted by atomic mass is 16.7. The van der Waals surface area contributed by atoms with Crippen LogP contribution in [0.4, 0.5) is 0 Å². The van der Waals surface area contributed by atoms with Crippen LogP contribution in [0.3, 0.4) is 0 Å². The summed E-state index contributed by atoms with van der Waals surface area (Å²) in [7, 11) is 3.17. The minimum atomic E-state index is -0.306. The summed E-state index contributed by atoms with van der Waals surface area (Å²) in [4.78, 5) is 17.0. The Hall–Kier alpha value is -0.650. The Kier molecular flexibility index (Phi) is 4.75. The first kappa shape index (κ1) is 15.4. The highest BCUT2D eigenvalue weighted by Gasteiger charge is 2.47. The molecule has 0 amide bonds. The van der Waals surface area contributed by atoms with E-state index in [0.29, 0.717) is 0 Å². The number of rotatable bonds is 4. The number of hydrogen-bond acceptors (Lipinski definition) is 5. The van der Waals surface area contributed by atoms with Gasteiger partial charge in [0.2, 0.25) is 0 Å². The SMILES string of the molecule is COCC(=O)OC1CC(C)(C)N(OC)C(C)(C)C1. The number of ether oxygens (including phenoxy) is 2. The molecule has 0 unspecified atom stereocenters. The van der Waals surface area contributed by atoms with Crippen LogP contribution in [0, 0.1) is 0 Å². The third kappa shape index (κ3) is 3.43. The average molecular weight is 259 g/mol. The minimum Gasteiger partial charge on any atom is -0.461 e. The number of esters is 1. The van der Waals surface area contributed by atoms with E-state index in [-0.39, 0.29) is 29.8 Å². The molecule has 0 aromatic carbocycles. The Labute approximate surface area is 109 Å². The van der Waals surface area contributed by atoms with E-state index in [0.717, 1.165) is 12.8 Å². The van der Waals surface area contributed by atoms with Crippen molar-refractivity contribution in [3.05, 3.63) is 0 Å². The molecule has 1 rings (SSSR count). The maximum absolute atomic E-state index is 11.5. The fourth-order valence-corrected chi connectivity index (χ4v) is 3.09. The topological polar surface area (TPSA) is 48.0 Å². The van der Waals surface area contributed by atoms with Gasteiger partial charge in [-0.3, -0.25) is 0 Å². The largest absolute Gasteiger partial charge is 0.461 e.